The molecule has 1 aliphatic heterocycles. The van der Waals surface area contributed by atoms with Crippen LogP contribution in [0, 0.1) is 17.8 Å². The van der Waals surface area contributed by atoms with Gasteiger partial charge < -0.3 is 4.74 Å². The summed E-state index contributed by atoms with van der Waals surface area (Å²) in [5.74, 6) is -2.39. The lowest BCUT2D eigenvalue weighted by atomic mass is 9.90. The van der Waals surface area contributed by atoms with Crippen LogP contribution in [0.4, 0.5) is 22.0 Å². The Morgan fingerprint density at radius 2 is 1.74 bits per heavy atom. The van der Waals surface area contributed by atoms with E-state index in [1.54, 1.807) is 11.0 Å². The third-order valence-electron chi connectivity index (χ3n) is 6.33. The number of rotatable bonds is 8. The standard InChI is InChI=1S/C21H25F5N4O/c22-20(23,21(24,25)26)12-29-8-5-15(6-9-29)19-11-16(19)7-10-31-18-3-1-17(2-4-18)30-14-27-13-28-30/h1-4,13-16,19H,5-12H2/t16-,19-/m1/s1. The Kier molecular flexibility index (Phi) is 6.18. The molecule has 2 aliphatic rings. The summed E-state index contributed by atoms with van der Waals surface area (Å²) < 4.78 is 71.1. The number of alkyl halides is 5. The molecule has 0 N–H and O–H groups in total. The molecule has 1 saturated carbocycles. The normalized spacial score (nSPS) is 23.1. The van der Waals surface area contributed by atoms with Crippen LogP contribution in [-0.4, -0.2) is 58.0 Å². The smallest absolute Gasteiger partial charge is 0.454 e. The van der Waals surface area contributed by atoms with Gasteiger partial charge in [-0.05, 0) is 80.8 Å². The van der Waals surface area contributed by atoms with E-state index in [-0.39, 0.29) is 0 Å². The molecule has 0 radical (unpaired) electrons. The third-order valence-corrected chi connectivity index (χ3v) is 6.33. The summed E-state index contributed by atoms with van der Waals surface area (Å²) >= 11 is 0. The maximum absolute atomic E-state index is 13.2. The van der Waals surface area contributed by atoms with Gasteiger partial charge in [0.15, 0.2) is 0 Å². The van der Waals surface area contributed by atoms with Gasteiger partial charge in [0.2, 0.25) is 0 Å². The van der Waals surface area contributed by atoms with Crippen LogP contribution in [-0.2, 0) is 0 Å². The summed E-state index contributed by atoms with van der Waals surface area (Å²) in [5.41, 5.74) is 0.895. The molecule has 1 saturated heterocycles. The number of hydrogen-bond acceptors (Lipinski definition) is 4. The Morgan fingerprint density at radius 1 is 1.03 bits per heavy atom. The molecule has 2 heterocycles. The second kappa shape index (κ2) is 8.72. The summed E-state index contributed by atoms with van der Waals surface area (Å²) in [6.45, 7) is -0.0380. The number of nitrogens with zero attached hydrogens (tertiary/aromatic N) is 4. The summed E-state index contributed by atoms with van der Waals surface area (Å²) in [6.07, 6.45) is 0.967. The highest BCUT2D eigenvalue weighted by Crippen LogP contribution is 2.50. The SMILES string of the molecule is FC(F)(F)C(F)(F)CN1CCC([C@H]2C[C@H]2CCOc2ccc(-n3cncn3)cc2)CC1. The van der Waals surface area contributed by atoms with Crippen molar-refractivity contribution in [1.82, 2.24) is 19.7 Å². The van der Waals surface area contributed by atoms with E-state index in [0.717, 1.165) is 24.3 Å². The van der Waals surface area contributed by atoms with Gasteiger partial charge in [-0.15, -0.1) is 0 Å². The number of benzene rings is 1. The van der Waals surface area contributed by atoms with Gasteiger partial charge >= 0.3 is 12.1 Å². The first-order valence-electron chi connectivity index (χ1n) is 10.5. The largest absolute Gasteiger partial charge is 0.494 e. The quantitative estimate of drug-likeness (QED) is 0.559. The van der Waals surface area contributed by atoms with Gasteiger partial charge in [-0.25, -0.2) is 9.67 Å². The summed E-state index contributed by atoms with van der Waals surface area (Å²) in [7, 11) is 0. The van der Waals surface area contributed by atoms with E-state index in [1.807, 2.05) is 24.3 Å². The average Bonchev–Trinajstić information content (AvgIpc) is 3.27. The average molecular weight is 444 g/mol. The van der Waals surface area contributed by atoms with Crippen LogP contribution in [0.25, 0.3) is 5.69 Å². The van der Waals surface area contributed by atoms with E-state index in [9.17, 15) is 22.0 Å². The monoisotopic (exact) mass is 444 g/mol. The van der Waals surface area contributed by atoms with Crippen molar-refractivity contribution in [1.29, 1.82) is 0 Å². The second-order valence-corrected chi connectivity index (χ2v) is 8.45. The highest BCUT2D eigenvalue weighted by molar-refractivity contribution is 5.36. The lowest BCUT2D eigenvalue weighted by Crippen LogP contribution is -2.49. The van der Waals surface area contributed by atoms with Gasteiger partial charge in [0.1, 0.15) is 18.4 Å². The molecule has 0 amide bonds. The predicted molar refractivity (Wildman–Crippen MR) is 103 cm³/mol. The molecule has 4 rings (SSSR count). The van der Waals surface area contributed by atoms with Crippen molar-refractivity contribution in [3.63, 3.8) is 0 Å². The van der Waals surface area contributed by atoms with Gasteiger partial charge in [0.05, 0.1) is 18.8 Å². The molecule has 0 spiro atoms. The van der Waals surface area contributed by atoms with Crippen LogP contribution in [0.1, 0.15) is 25.7 Å². The van der Waals surface area contributed by atoms with E-state index in [0.29, 0.717) is 50.3 Å². The van der Waals surface area contributed by atoms with Gasteiger partial charge in [0, 0.05) is 0 Å². The van der Waals surface area contributed by atoms with E-state index < -0.39 is 18.6 Å². The van der Waals surface area contributed by atoms with E-state index in [1.165, 1.54) is 11.2 Å². The molecule has 1 aromatic heterocycles. The molecule has 0 bridgehead atoms. The molecule has 31 heavy (non-hydrogen) atoms. The minimum Gasteiger partial charge on any atom is -0.494 e. The zero-order valence-corrected chi connectivity index (χ0v) is 16.9. The number of ether oxygens (including phenoxy) is 1. The minimum atomic E-state index is -5.48. The molecule has 2 aromatic rings. The van der Waals surface area contributed by atoms with E-state index in [4.69, 9.17) is 4.74 Å². The maximum atomic E-state index is 13.2. The third kappa shape index (κ3) is 5.34. The van der Waals surface area contributed by atoms with Crippen molar-refractivity contribution in [2.75, 3.05) is 26.2 Å². The summed E-state index contributed by atoms with van der Waals surface area (Å²) in [4.78, 5) is 5.15. The highest BCUT2D eigenvalue weighted by atomic mass is 19.4. The van der Waals surface area contributed by atoms with Crippen molar-refractivity contribution in [2.45, 2.75) is 37.8 Å². The van der Waals surface area contributed by atoms with Crippen LogP contribution < -0.4 is 4.74 Å². The Bertz CT molecular complexity index is 832. The van der Waals surface area contributed by atoms with Crippen LogP contribution in [0.15, 0.2) is 36.9 Å². The van der Waals surface area contributed by atoms with Gasteiger partial charge in [-0.1, -0.05) is 0 Å². The number of halogens is 5. The van der Waals surface area contributed by atoms with Crippen LogP contribution >= 0.6 is 0 Å². The van der Waals surface area contributed by atoms with Gasteiger partial charge in [0.25, 0.3) is 0 Å². The Hall–Kier alpha value is -2.23. The zero-order chi connectivity index (χ0) is 22.1. The molecule has 1 aliphatic carbocycles. The number of likely N-dealkylation sites (tertiary alicyclic amines) is 1. The van der Waals surface area contributed by atoms with Crippen molar-refractivity contribution in [3.05, 3.63) is 36.9 Å². The van der Waals surface area contributed by atoms with Crippen LogP contribution in [0.5, 0.6) is 5.75 Å². The number of hydrogen-bond donors (Lipinski definition) is 0. The zero-order valence-electron chi connectivity index (χ0n) is 16.9. The molecule has 170 valence electrons. The fourth-order valence-electron chi connectivity index (χ4n) is 4.45. The molecule has 2 fully saturated rings. The molecule has 2 atom stereocenters. The predicted octanol–water partition coefficient (Wildman–Crippen LogP) is 4.58. The minimum absolute atomic E-state index is 0.300. The number of piperidine rings is 1. The van der Waals surface area contributed by atoms with Crippen molar-refractivity contribution in [3.8, 4) is 11.4 Å². The van der Waals surface area contributed by atoms with Crippen LogP contribution in [0.3, 0.4) is 0 Å². The Balaban J connectivity index is 1.15. The molecule has 5 nitrogen and oxygen atoms in total. The second-order valence-electron chi connectivity index (χ2n) is 8.45. The first kappa shape index (κ1) is 22.0. The lowest BCUT2D eigenvalue weighted by molar-refractivity contribution is -0.287. The summed E-state index contributed by atoms with van der Waals surface area (Å²) in [6, 6.07) is 7.57. The first-order valence-corrected chi connectivity index (χ1v) is 10.5. The molecular formula is C21H25F5N4O. The highest BCUT2D eigenvalue weighted by Gasteiger charge is 2.58. The van der Waals surface area contributed by atoms with E-state index >= 15 is 0 Å². The fraction of sp³-hybridized carbons (Fsp3) is 0.619. The van der Waals surface area contributed by atoms with Crippen LogP contribution in [0.2, 0.25) is 0 Å². The van der Waals surface area contributed by atoms with Crippen molar-refractivity contribution < 1.29 is 26.7 Å². The molecular weight excluding hydrogens is 419 g/mol. The molecule has 0 unspecified atom stereocenters. The fourth-order valence-corrected chi connectivity index (χ4v) is 4.45. The Morgan fingerprint density at radius 3 is 2.35 bits per heavy atom. The maximum Gasteiger partial charge on any atom is 0.454 e. The van der Waals surface area contributed by atoms with Gasteiger partial charge in [-0.3, -0.25) is 4.90 Å². The molecule has 1 aromatic carbocycles. The van der Waals surface area contributed by atoms with Crippen molar-refractivity contribution >= 4 is 0 Å². The lowest BCUT2D eigenvalue weighted by Gasteiger charge is -2.34. The van der Waals surface area contributed by atoms with Gasteiger partial charge in [-0.2, -0.15) is 27.1 Å². The topological polar surface area (TPSA) is 43.2 Å². The number of aromatic nitrogens is 3. The molecule has 10 heteroatoms. The Labute approximate surface area is 177 Å². The van der Waals surface area contributed by atoms with E-state index in [2.05, 4.69) is 10.1 Å². The first-order chi connectivity index (χ1) is 14.7. The summed E-state index contributed by atoms with van der Waals surface area (Å²) in [5, 5.41) is 4.07. The van der Waals surface area contributed by atoms with Crippen molar-refractivity contribution in [2.24, 2.45) is 17.8 Å².